The summed E-state index contributed by atoms with van der Waals surface area (Å²) in [5.74, 6) is 0.706. The van der Waals surface area contributed by atoms with Crippen molar-refractivity contribution in [1.29, 1.82) is 0 Å². The Bertz CT molecular complexity index is 1190. The lowest BCUT2D eigenvalue weighted by Gasteiger charge is -2.05. The van der Waals surface area contributed by atoms with E-state index in [-0.39, 0.29) is 0 Å². The quantitative estimate of drug-likeness (QED) is 0.447. The molecule has 0 N–H and O–H groups in total. The number of benzene rings is 1. The number of imidazole rings is 1. The average Bonchev–Trinajstić information content (AvgIpc) is 3.42. The van der Waals surface area contributed by atoms with Crippen molar-refractivity contribution >= 4 is 16.3 Å². The molecule has 4 aromatic heterocycles. The van der Waals surface area contributed by atoms with Crippen LogP contribution < -0.4 is 4.74 Å². The van der Waals surface area contributed by atoms with Crippen LogP contribution in [0.15, 0.2) is 72.6 Å². The fraction of sp³-hybridized carbons (Fsp3) is 0.0952. The first-order chi connectivity index (χ1) is 13.8. The number of hydrogen-bond donors (Lipinski definition) is 0. The van der Waals surface area contributed by atoms with Gasteiger partial charge in [-0.05, 0) is 17.7 Å². The third-order valence-electron chi connectivity index (χ3n) is 4.42. The summed E-state index contributed by atoms with van der Waals surface area (Å²) in [6.07, 6.45) is 7.72. The highest BCUT2D eigenvalue weighted by atomic mass is 32.1. The highest BCUT2D eigenvalue weighted by Crippen LogP contribution is 2.30. The molecule has 0 saturated carbocycles. The van der Waals surface area contributed by atoms with Gasteiger partial charge in [0.05, 0.1) is 17.6 Å². The SMILES string of the molecule is Cn1cc(-c2ccccc2)c(-c2ccc(OCc3cn4ccsc4n3)cn2)n1. The Morgan fingerprint density at radius 3 is 2.75 bits per heavy atom. The number of pyridine rings is 1. The zero-order valence-corrected chi connectivity index (χ0v) is 16.0. The zero-order valence-electron chi connectivity index (χ0n) is 15.2. The van der Waals surface area contributed by atoms with Crippen LogP contribution >= 0.6 is 11.3 Å². The van der Waals surface area contributed by atoms with Gasteiger partial charge in [-0.3, -0.25) is 14.1 Å². The van der Waals surface area contributed by atoms with E-state index in [9.17, 15) is 0 Å². The van der Waals surface area contributed by atoms with Crippen molar-refractivity contribution in [3.05, 3.63) is 78.3 Å². The van der Waals surface area contributed by atoms with Crippen LogP contribution in [-0.2, 0) is 13.7 Å². The molecule has 0 saturated heterocycles. The highest BCUT2D eigenvalue weighted by molar-refractivity contribution is 7.15. The summed E-state index contributed by atoms with van der Waals surface area (Å²) in [5.41, 5.74) is 4.74. The lowest BCUT2D eigenvalue weighted by Crippen LogP contribution is -1.97. The minimum Gasteiger partial charge on any atom is -0.486 e. The molecule has 0 atom stereocenters. The number of hydrogen-bond acceptors (Lipinski definition) is 5. The Morgan fingerprint density at radius 2 is 1.96 bits per heavy atom. The minimum atomic E-state index is 0.411. The molecule has 6 nitrogen and oxygen atoms in total. The van der Waals surface area contributed by atoms with Crippen LogP contribution in [0.2, 0.25) is 0 Å². The van der Waals surface area contributed by atoms with Gasteiger partial charge >= 0.3 is 0 Å². The molecular weight excluding hydrogens is 370 g/mol. The monoisotopic (exact) mass is 387 g/mol. The predicted octanol–water partition coefficient (Wildman–Crippen LogP) is 4.44. The Hall–Kier alpha value is -3.45. The molecule has 0 aliphatic heterocycles. The molecule has 0 aliphatic rings. The number of thiazole rings is 1. The van der Waals surface area contributed by atoms with Crippen molar-refractivity contribution in [3.63, 3.8) is 0 Å². The van der Waals surface area contributed by atoms with Gasteiger partial charge in [0.1, 0.15) is 18.1 Å². The molecule has 5 rings (SSSR count). The van der Waals surface area contributed by atoms with E-state index in [4.69, 9.17) is 4.74 Å². The smallest absolute Gasteiger partial charge is 0.193 e. The summed E-state index contributed by atoms with van der Waals surface area (Å²) in [4.78, 5) is 10.1. The summed E-state index contributed by atoms with van der Waals surface area (Å²) in [6, 6.07) is 14.1. The van der Waals surface area contributed by atoms with Crippen molar-refractivity contribution in [2.75, 3.05) is 0 Å². The first-order valence-corrected chi connectivity index (χ1v) is 9.73. The fourth-order valence-electron chi connectivity index (χ4n) is 3.12. The molecule has 5 aromatic rings. The normalized spacial score (nSPS) is 11.2. The maximum absolute atomic E-state index is 5.84. The summed E-state index contributed by atoms with van der Waals surface area (Å²) in [5, 5.41) is 6.61. The van der Waals surface area contributed by atoms with Crippen LogP contribution in [0.4, 0.5) is 0 Å². The fourth-order valence-corrected chi connectivity index (χ4v) is 3.83. The van der Waals surface area contributed by atoms with Gasteiger partial charge in [-0.25, -0.2) is 4.98 Å². The van der Waals surface area contributed by atoms with Crippen molar-refractivity contribution in [3.8, 4) is 28.3 Å². The van der Waals surface area contributed by atoms with Gasteiger partial charge in [0.15, 0.2) is 4.96 Å². The number of ether oxygens (including phenoxy) is 1. The molecule has 4 heterocycles. The lowest BCUT2D eigenvalue weighted by molar-refractivity contribution is 0.301. The number of nitrogens with zero attached hydrogens (tertiary/aromatic N) is 5. The second-order valence-electron chi connectivity index (χ2n) is 6.42. The maximum Gasteiger partial charge on any atom is 0.193 e. The predicted molar refractivity (Wildman–Crippen MR) is 109 cm³/mol. The number of fused-ring (bicyclic) bond motifs is 1. The molecule has 0 unspecified atom stereocenters. The van der Waals surface area contributed by atoms with Crippen LogP contribution in [0.5, 0.6) is 5.75 Å². The van der Waals surface area contributed by atoms with E-state index >= 15 is 0 Å². The Morgan fingerprint density at radius 1 is 1.07 bits per heavy atom. The van der Waals surface area contributed by atoms with Crippen molar-refractivity contribution in [2.24, 2.45) is 7.05 Å². The van der Waals surface area contributed by atoms with Gasteiger partial charge in [0, 0.05) is 36.6 Å². The lowest BCUT2D eigenvalue weighted by atomic mass is 10.0. The molecule has 7 heteroatoms. The van der Waals surface area contributed by atoms with Gasteiger partial charge in [0.25, 0.3) is 0 Å². The number of aromatic nitrogens is 5. The van der Waals surface area contributed by atoms with Gasteiger partial charge in [-0.15, -0.1) is 11.3 Å². The second kappa shape index (κ2) is 6.94. The molecular formula is C21H17N5OS. The third kappa shape index (κ3) is 3.16. The summed E-state index contributed by atoms with van der Waals surface area (Å²) in [7, 11) is 1.92. The summed E-state index contributed by atoms with van der Waals surface area (Å²) in [6.45, 7) is 0.411. The molecule has 28 heavy (non-hydrogen) atoms. The molecule has 138 valence electrons. The summed E-state index contributed by atoms with van der Waals surface area (Å²) < 4.78 is 9.65. The Balaban J connectivity index is 1.36. The number of aryl methyl sites for hydroxylation is 1. The second-order valence-corrected chi connectivity index (χ2v) is 7.30. The van der Waals surface area contributed by atoms with E-state index in [0.717, 1.165) is 33.2 Å². The highest BCUT2D eigenvalue weighted by Gasteiger charge is 2.13. The largest absolute Gasteiger partial charge is 0.486 e. The Labute approximate surface area is 165 Å². The molecule has 0 amide bonds. The molecule has 1 aromatic carbocycles. The van der Waals surface area contributed by atoms with Crippen molar-refractivity contribution < 1.29 is 4.74 Å². The molecule has 0 bridgehead atoms. The van der Waals surface area contributed by atoms with Crippen molar-refractivity contribution in [2.45, 2.75) is 6.61 Å². The zero-order chi connectivity index (χ0) is 18.9. The van der Waals surface area contributed by atoms with Gasteiger partial charge in [-0.2, -0.15) is 5.10 Å². The van der Waals surface area contributed by atoms with Gasteiger partial charge in [0.2, 0.25) is 0 Å². The van der Waals surface area contributed by atoms with Crippen LogP contribution in [0.3, 0.4) is 0 Å². The first-order valence-electron chi connectivity index (χ1n) is 8.85. The van der Waals surface area contributed by atoms with Gasteiger partial charge < -0.3 is 4.74 Å². The van der Waals surface area contributed by atoms with Crippen LogP contribution in [0.25, 0.3) is 27.5 Å². The number of rotatable bonds is 5. The Kier molecular flexibility index (Phi) is 4.14. The molecule has 0 spiro atoms. The topological polar surface area (TPSA) is 57.2 Å². The van der Waals surface area contributed by atoms with Gasteiger partial charge in [-0.1, -0.05) is 30.3 Å². The van der Waals surface area contributed by atoms with E-state index in [1.807, 2.05) is 70.4 Å². The van der Waals surface area contributed by atoms with E-state index in [0.29, 0.717) is 12.4 Å². The standard InChI is InChI=1S/C21H17N5OS/c1-25-13-18(15-5-3-2-4-6-15)20(24-25)19-8-7-17(11-22-19)27-14-16-12-26-9-10-28-21(26)23-16/h2-13H,14H2,1H3. The average molecular weight is 387 g/mol. The first kappa shape index (κ1) is 16.7. The van der Waals surface area contributed by atoms with E-state index < -0.39 is 0 Å². The maximum atomic E-state index is 5.84. The minimum absolute atomic E-state index is 0.411. The molecule has 0 aliphatic carbocycles. The van der Waals surface area contributed by atoms with Crippen LogP contribution in [-0.4, -0.2) is 24.1 Å². The van der Waals surface area contributed by atoms with Crippen LogP contribution in [0, 0.1) is 0 Å². The third-order valence-corrected chi connectivity index (χ3v) is 5.19. The van der Waals surface area contributed by atoms with Crippen molar-refractivity contribution in [1.82, 2.24) is 24.1 Å². The molecule has 0 fully saturated rings. The van der Waals surface area contributed by atoms with E-state index in [1.54, 1.807) is 17.5 Å². The summed E-state index contributed by atoms with van der Waals surface area (Å²) >= 11 is 1.61. The van der Waals surface area contributed by atoms with E-state index in [1.165, 1.54) is 0 Å². The molecule has 0 radical (unpaired) electrons. The van der Waals surface area contributed by atoms with Crippen LogP contribution in [0.1, 0.15) is 5.69 Å². The van der Waals surface area contributed by atoms with E-state index in [2.05, 4.69) is 27.2 Å².